The predicted octanol–water partition coefficient (Wildman–Crippen LogP) is 3.40. The van der Waals surface area contributed by atoms with E-state index in [1.807, 2.05) is 24.3 Å². The van der Waals surface area contributed by atoms with Crippen LogP contribution in [0.3, 0.4) is 0 Å². The lowest BCUT2D eigenvalue weighted by atomic mass is 9.65. The van der Waals surface area contributed by atoms with Gasteiger partial charge in [-0.2, -0.15) is 0 Å². The maximum atomic E-state index is 12.7. The Morgan fingerprint density at radius 1 is 1.14 bits per heavy atom. The topological polar surface area (TPSA) is 92.5 Å². The molecule has 2 atom stereocenters. The number of carbonyl (C=O) groups is 3. The molecule has 152 valence electrons. The number of carbonyl (C=O) groups excluding carboxylic acids is 3. The molecule has 3 amide bonds. The zero-order valence-electron chi connectivity index (χ0n) is 15.6. The molecule has 3 fully saturated rings. The van der Waals surface area contributed by atoms with E-state index in [4.69, 9.17) is 5.73 Å². The predicted molar refractivity (Wildman–Crippen MR) is 112 cm³/mol. The van der Waals surface area contributed by atoms with Crippen LogP contribution >= 0.6 is 24.2 Å². The van der Waals surface area contributed by atoms with Gasteiger partial charge >= 0.3 is 0 Å². The molecular formula is C20H26ClN3O3S. The summed E-state index contributed by atoms with van der Waals surface area (Å²) >= 11 is 1.04. The largest absolute Gasteiger partial charge is 0.327 e. The highest BCUT2D eigenvalue weighted by Gasteiger charge is 2.40. The molecule has 1 aromatic carbocycles. The van der Waals surface area contributed by atoms with Crippen molar-refractivity contribution in [2.45, 2.75) is 44.7 Å². The third kappa shape index (κ3) is 4.36. The fourth-order valence-electron chi connectivity index (χ4n) is 4.66. The molecule has 0 radical (unpaired) electrons. The Bertz CT molecular complexity index is 728. The van der Waals surface area contributed by atoms with E-state index in [0.29, 0.717) is 11.8 Å². The van der Waals surface area contributed by atoms with Crippen molar-refractivity contribution in [1.82, 2.24) is 4.90 Å². The van der Waals surface area contributed by atoms with Crippen LogP contribution in [0.1, 0.15) is 37.7 Å². The van der Waals surface area contributed by atoms with E-state index in [2.05, 4.69) is 5.32 Å². The van der Waals surface area contributed by atoms with Crippen LogP contribution < -0.4 is 11.1 Å². The molecule has 0 spiro atoms. The Balaban J connectivity index is 0.00000225. The molecule has 1 saturated heterocycles. The van der Waals surface area contributed by atoms with Crippen LogP contribution in [0.4, 0.5) is 10.5 Å². The molecule has 2 bridgehead atoms. The van der Waals surface area contributed by atoms with Crippen molar-refractivity contribution >= 4 is 46.9 Å². The molecule has 1 aromatic rings. The van der Waals surface area contributed by atoms with Gasteiger partial charge in [-0.1, -0.05) is 30.3 Å². The van der Waals surface area contributed by atoms with Crippen LogP contribution in [-0.2, 0) is 16.1 Å². The number of anilines is 1. The first-order valence-corrected chi connectivity index (χ1v) is 10.6. The summed E-state index contributed by atoms with van der Waals surface area (Å²) < 4.78 is 0. The summed E-state index contributed by atoms with van der Waals surface area (Å²) in [5.41, 5.74) is 7.94. The second kappa shape index (κ2) is 8.84. The number of nitrogens with two attached hydrogens (primary N) is 1. The van der Waals surface area contributed by atoms with E-state index in [1.54, 1.807) is 0 Å². The van der Waals surface area contributed by atoms with E-state index in [-0.39, 0.29) is 53.7 Å². The van der Waals surface area contributed by atoms with Crippen molar-refractivity contribution in [2.24, 2.45) is 23.5 Å². The number of thioether (sulfide) groups is 1. The third-order valence-corrected chi connectivity index (χ3v) is 7.05. The number of fused-ring (bicyclic) bond motifs is 2. The molecule has 3 N–H and O–H groups in total. The molecular weight excluding hydrogens is 398 g/mol. The standard InChI is InChI=1S/C20H25N3O3S.ClH/c21-18-13-2-1-3-14(18)9-15(8-13)19(25)22-16-6-4-12(5-7-16)10-23-17(24)11-27-20(23)26;/h4-7,13-15,18H,1-3,8-11,21H2,(H,22,25);1H. The van der Waals surface area contributed by atoms with E-state index >= 15 is 0 Å². The average Bonchev–Trinajstić information content (AvgIpc) is 2.95. The third-order valence-electron chi connectivity index (χ3n) is 6.19. The van der Waals surface area contributed by atoms with Gasteiger partial charge in [0.15, 0.2) is 0 Å². The Hall–Kier alpha value is -1.57. The Morgan fingerprint density at radius 3 is 2.36 bits per heavy atom. The van der Waals surface area contributed by atoms with Gasteiger partial charge in [0.05, 0.1) is 12.3 Å². The number of halogens is 1. The van der Waals surface area contributed by atoms with Crippen molar-refractivity contribution in [3.63, 3.8) is 0 Å². The normalized spacial score (nSPS) is 29.4. The second-order valence-electron chi connectivity index (χ2n) is 7.92. The molecule has 3 aliphatic rings. The van der Waals surface area contributed by atoms with E-state index in [9.17, 15) is 14.4 Å². The summed E-state index contributed by atoms with van der Waals surface area (Å²) in [5.74, 6) is 1.14. The number of hydrogen-bond acceptors (Lipinski definition) is 5. The number of amides is 3. The molecule has 2 saturated carbocycles. The van der Waals surface area contributed by atoms with Gasteiger partial charge in [0.1, 0.15) is 0 Å². The van der Waals surface area contributed by atoms with Crippen molar-refractivity contribution in [2.75, 3.05) is 11.1 Å². The summed E-state index contributed by atoms with van der Waals surface area (Å²) in [7, 11) is 0. The van der Waals surface area contributed by atoms with Gasteiger partial charge < -0.3 is 11.1 Å². The fourth-order valence-corrected chi connectivity index (χ4v) is 5.38. The lowest BCUT2D eigenvalue weighted by molar-refractivity contribution is -0.125. The van der Waals surface area contributed by atoms with Crippen LogP contribution in [0.15, 0.2) is 24.3 Å². The zero-order valence-corrected chi connectivity index (χ0v) is 17.3. The maximum Gasteiger partial charge on any atom is 0.289 e. The van der Waals surface area contributed by atoms with Crippen LogP contribution in [0.25, 0.3) is 0 Å². The first-order valence-electron chi connectivity index (χ1n) is 9.64. The summed E-state index contributed by atoms with van der Waals surface area (Å²) in [6.45, 7) is 0.281. The lowest BCUT2D eigenvalue weighted by Gasteiger charge is -2.43. The number of imide groups is 1. The minimum Gasteiger partial charge on any atom is -0.327 e. The Morgan fingerprint density at radius 2 is 1.79 bits per heavy atom. The van der Waals surface area contributed by atoms with E-state index in [1.165, 1.54) is 11.3 Å². The summed E-state index contributed by atoms with van der Waals surface area (Å²) in [4.78, 5) is 37.4. The van der Waals surface area contributed by atoms with Gasteiger partial charge in [-0.25, -0.2) is 0 Å². The molecule has 4 rings (SSSR count). The van der Waals surface area contributed by atoms with E-state index < -0.39 is 0 Å². The van der Waals surface area contributed by atoms with Gasteiger partial charge in [-0.05, 0) is 55.2 Å². The highest BCUT2D eigenvalue weighted by molar-refractivity contribution is 8.14. The van der Waals surface area contributed by atoms with Gasteiger partial charge in [0.25, 0.3) is 5.24 Å². The van der Waals surface area contributed by atoms with Crippen molar-refractivity contribution < 1.29 is 14.4 Å². The quantitative estimate of drug-likeness (QED) is 0.774. The monoisotopic (exact) mass is 423 g/mol. The summed E-state index contributed by atoms with van der Waals surface area (Å²) in [6, 6.07) is 7.63. The Labute approximate surface area is 175 Å². The lowest BCUT2D eigenvalue weighted by Crippen LogP contribution is -2.48. The van der Waals surface area contributed by atoms with Crippen LogP contribution in [0.2, 0.25) is 0 Å². The zero-order chi connectivity index (χ0) is 19.0. The first kappa shape index (κ1) is 21.1. The minimum absolute atomic E-state index is 0. The SMILES string of the molecule is Cl.NC1C2CCCC1CC(C(=O)Nc1ccc(CN3C(=O)CSC3=O)cc1)C2. The van der Waals surface area contributed by atoms with Crippen molar-refractivity contribution in [3.8, 4) is 0 Å². The molecule has 8 heteroatoms. The van der Waals surface area contributed by atoms with Gasteiger partial charge in [-0.15, -0.1) is 12.4 Å². The molecule has 2 unspecified atom stereocenters. The summed E-state index contributed by atoms with van der Waals surface area (Å²) in [6.07, 6.45) is 5.29. The fraction of sp³-hybridized carbons (Fsp3) is 0.550. The molecule has 2 aliphatic carbocycles. The maximum absolute atomic E-state index is 12.7. The summed E-state index contributed by atoms with van der Waals surface area (Å²) in [5, 5.41) is 2.83. The molecule has 1 aliphatic heterocycles. The minimum atomic E-state index is -0.196. The molecule has 0 aromatic heterocycles. The van der Waals surface area contributed by atoms with Gasteiger partial charge in [0.2, 0.25) is 11.8 Å². The number of nitrogens with zero attached hydrogens (tertiary/aromatic N) is 1. The Kier molecular flexibility index (Phi) is 6.68. The second-order valence-corrected chi connectivity index (χ2v) is 8.84. The van der Waals surface area contributed by atoms with Crippen LogP contribution in [-0.4, -0.2) is 33.7 Å². The van der Waals surface area contributed by atoms with E-state index in [0.717, 1.165) is 48.7 Å². The highest BCUT2D eigenvalue weighted by atomic mass is 35.5. The number of nitrogens with one attached hydrogen (secondary N) is 1. The van der Waals surface area contributed by atoms with Gasteiger partial charge in [0, 0.05) is 17.6 Å². The molecule has 28 heavy (non-hydrogen) atoms. The number of benzene rings is 1. The molecule has 6 nitrogen and oxygen atoms in total. The van der Waals surface area contributed by atoms with Crippen LogP contribution in [0.5, 0.6) is 0 Å². The van der Waals surface area contributed by atoms with Crippen molar-refractivity contribution in [3.05, 3.63) is 29.8 Å². The number of rotatable bonds is 4. The first-order chi connectivity index (χ1) is 13.0. The van der Waals surface area contributed by atoms with Crippen LogP contribution in [0, 0.1) is 17.8 Å². The van der Waals surface area contributed by atoms with Gasteiger partial charge in [-0.3, -0.25) is 19.3 Å². The van der Waals surface area contributed by atoms with Crippen molar-refractivity contribution in [1.29, 1.82) is 0 Å². The average molecular weight is 424 g/mol. The number of hydrogen-bond donors (Lipinski definition) is 2. The highest BCUT2D eigenvalue weighted by Crippen LogP contribution is 2.42. The smallest absolute Gasteiger partial charge is 0.289 e. The molecule has 1 heterocycles.